The number of amides is 1. The van der Waals surface area contributed by atoms with Crippen LogP contribution in [0.4, 0.5) is 5.69 Å². The highest BCUT2D eigenvalue weighted by molar-refractivity contribution is 7.91. The molecule has 6 nitrogen and oxygen atoms in total. The Hall–Kier alpha value is -2.41. The van der Waals surface area contributed by atoms with E-state index in [4.69, 9.17) is 0 Å². The maximum atomic E-state index is 12.2. The lowest BCUT2D eigenvalue weighted by atomic mass is 10.2. The van der Waals surface area contributed by atoms with Crippen LogP contribution < -0.4 is 10.2 Å². The third-order valence-electron chi connectivity index (χ3n) is 4.60. The van der Waals surface area contributed by atoms with Crippen molar-refractivity contribution in [3.05, 3.63) is 59.9 Å². The number of benzene rings is 1. The Morgan fingerprint density at radius 1 is 1.23 bits per heavy atom. The maximum Gasteiger partial charge on any atom is 0.270 e. The van der Waals surface area contributed by atoms with Crippen molar-refractivity contribution >= 4 is 21.4 Å². The van der Waals surface area contributed by atoms with Gasteiger partial charge in [-0.05, 0) is 31.0 Å². The van der Waals surface area contributed by atoms with Crippen LogP contribution >= 0.6 is 0 Å². The first-order valence-corrected chi connectivity index (χ1v) is 10.6. The van der Waals surface area contributed by atoms with Gasteiger partial charge in [-0.2, -0.15) is 0 Å². The highest BCUT2D eigenvalue weighted by atomic mass is 32.2. The predicted octanol–water partition coefficient (Wildman–Crippen LogP) is 2.02. The lowest BCUT2D eigenvalue weighted by Crippen LogP contribution is -2.36. The SMILES string of the molecule is CCN(c1ccc(C(=O)NCc2ccccc2)nc1)C1CCS(=O)(=O)C1. The molecule has 2 aromatic rings. The number of nitrogens with one attached hydrogen (secondary N) is 1. The summed E-state index contributed by atoms with van der Waals surface area (Å²) >= 11 is 0. The van der Waals surface area contributed by atoms with Gasteiger partial charge in [0.1, 0.15) is 5.69 Å². The van der Waals surface area contributed by atoms with Crippen LogP contribution in [0, 0.1) is 0 Å². The van der Waals surface area contributed by atoms with Crippen molar-refractivity contribution in [1.29, 1.82) is 0 Å². The average Bonchev–Trinajstić information content (AvgIpc) is 3.01. The second kappa shape index (κ2) is 7.86. The van der Waals surface area contributed by atoms with Crippen LogP contribution in [0.15, 0.2) is 48.7 Å². The van der Waals surface area contributed by atoms with Gasteiger partial charge in [0.2, 0.25) is 0 Å². The molecule has 1 aromatic heterocycles. The van der Waals surface area contributed by atoms with Crippen LogP contribution in [0.3, 0.4) is 0 Å². The molecule has 1 saturated heterocycles. The molecule has 1 atom stereocenters. The van der Waals surface area contributed by atoms with Gasteiger partial charge in [0, 0.05) is 19.1 Å². The van der Waals surface area contributed by atoms with Crippen molar-refractivity contribution in [2.45, 2.75) is 25.9 Å². The number of nitrogens with zero attached hydrogens (tertiary/aromatic N) is 2. The van der Waals surface area contributed by atoms with Crippen LogP contribution in [-0.4, -0.2) is 43.4 Å². The van der Waals surface area contributed by atoms with Gasteiger partial charge in [0.15, 0.2) is 9.84 Å². The molecule has 1 aliphatic rings. The third kappa shape index (κ3) is 4.40. The molecular weight excluding hydrogens is 350 g/mol. The molecular formula is C19H23N3O3S. The fourth-order valence-corrected chi connectivity index (χ4v) is 4.96. The lowest BCUT2D eigenvalue weighted by Gasteiger charge is -2.28. The summed E-state index contributed by atoms with van der Waals surface area (Å²) in [5.74, 6) is 0.189. The van der Waals surface area contributed by atoms with E-state index in [0.717, 1.165) is 11.3 Å². The first kappa shape index (κ1) is 18.4. The van der Waals surface area contributed by atoms with Gasteiger partial charge >= 0.3 is 0 Å². The van der Waals surface area contributed by atoms with Gasteiger partial charge in [-0.25, -0.2) is 13.4 Å². The molecule has 1 aliphatic heterocycles. The van der Waals surface area contributed by atoms with Crippen LogP contribution in [0.1, 0.15) is 29.4 Å². The summed E-state index contributed by atoms with van der Waals surface area (Å²) in [6.07, 6.45) is 2.28. The minimum absolute atomic E-state index is 0.0236. The molecule has 0 aliphatic carbocycles. The second-order valence-corrected chi connectivity index (χ2v) is 8.64. The van der Waals surface area contributed by atoms with Crippen molar-refractivity contribution in [2.75, 3.05) is 23.0 Å². The number of anilines is 1. The van der Waals surface area contributed by atoms with Gasteiger partial charge < -0.3 is 10.2 Å². The minimum Gasteiger partial charge on any atom is -0.367 e. The molecule has 0 spiro atoms. The monoisotopic (exact) mass is 373 g/mol. The Bertz CT molecular complexity index is 851. The number of carbonyl (C=O) groups is 1. The van der Waals surface area contributed by atoms with E-state index in [9.17, 15) is 13.2 Å². The summed E-state index contributed by atoms with van der Waals surface area (Å²) in [7, 11) is -2.94. The standard InChI is InChI=1S/C19H23N3O3S/c1-2-22(17-10-11-26(24,25)14-17)16-8-9-18(20-13-16)19(23)21-12-15-6-4-3-5-7-15/h3-9,13,17H,2,10-12,14H2,1H3,(H,21,23). The van der Waals surface area contributed by atoms with E-state index in [2.05, 4.69) is 10.3 Å². The van der Waals surface area contributed by atoms with E-state index in [1.165, 1.54) is 0 Å². The van der Waals surface area contributed by atoms with Gasteiger partial charge in [-0.1, -0.05) is 30.3 Å². The Kier molecular flexibility index (Phi) is 5.56. The maximum absolute atomic E-state index is 12.2. The first-order valence-electron chi connectivity index (χ1n) is 8.74. The highest BCUT2D eigenvalue weighted by Gasteiger charge is 2.31. The number of aromatic nitrogens is 1. The quantitative estimate of drug-likeness (QED) is 0.838. The Labute approximate surface area is 154 Å². The number of hydrogen-bond acceptors (Lipinski definition) is 5. The number of pyridine rings is 1. The summed E-state index contributed by atoms with van der Waals surface area (Å²) in [6.45, 7) is 3.14. The van der Waals surface area contributed by atoms with E-state index in [-0.39, 0.29) is 23.5 Å². The lowest BCUT2D eigenvalue weighted by molar-refractivity contribution is 0.0946. The van der Waals surface area contributed by atoms with E-state index in [0.29, 0.717) is 25.2 Å². The van der Waals surface area contributed by atoms with Crippen molar-refractivity contribution < 1.29 is 13.2 Å². The summed E-state index contributed by atoms with van der Waals surface area (Å²) in [5, 5.41) is 2.85. The Morgan fingerprint density at radius 2 is 2.00 bits per heavy atom. The van der Waals surface area contributed by atoms with Gasteiger partial charge in [-0.3, -0.25) is 4.79 Å². The van der Waals surface area contributed by atoms with E-state index in [1.807, 2.05) is 48.2 Å². The fourth-order valence-electron chi connectivity index (χ4n) is 3.23. The molecule has 7 heteroatoms. The fraction of sp³-hybridized carbons (Fsp3) is 0.368. The molecule has 26 heavy (non-hydrogen) atoms. The molecule has 1 unspecified atom stereocenters. The molecule has 1 aromatic carbocycles. The predicted molar refractivity (Wildman–Crippen MR) is 102 cm³/mol. The molecule has 2 heterocycles. The zero-order valence-electron chi connectivity index (χ0n) is 14.8. The van der Waals surface area contributed by atoms with E-state index >= 15 is 0 Å². The van der Waals surface area contributed by atoms with E-state index < -0.39 is 9.84 Å². The van der Waals surface area contributed by atoms with Crippen molar-refractivity contribution in [1.82, 2.24) is 10.3 Å². The van der Waals surface area contributed by atoms with E-state index in [1.54, 1.807) is 12.3 Å². The summed E-state index contributed by atoms with van der Waals surface area (Å²) < 4.78 is 23.5. The third-order valence-corrected chi connectivity index (χ3v) is 6.35. The summed E-state index contributed by atoms with van der Waals surface area (Å²) in [4.78, 5) is 18.6. The molecule has 0 saturated carbocycles. The largest absolute Gasteiger partial charge is 0.367 e. The smallest absolute Gasteiger partial charge is 0.270 e. The van der Waals surface area contributed by atoms with Crippen molar-refractivity contribution in [2.24, 2.45) is 0 Å². The molecule has 138 valence electrons. The zero-order chi connectivity index (χ0) is 18.6. The molecule has 3 rings (SSSR count). The minimum atomic E-state index is -2.94. The average molecular weight is 373 g/mol. The number of carbonyl (C=O) groups excluding carboxylic acids is 1. The summed E-state index contributed by atoms with van der Waals surface area (Å²) in [6, 6.07) is 13.2. The Balaban J connectivity index is 1.64. The molecule has 0 bridgehead atoms. The highest BCUT2D eigenvalue weighted by Crippen LogP contribution is 2.23. The molecule has 1 amide bonds. The molecule has 0 radical (unpaired) electrons. The number of rotatable bonds is 6. The van der Waals surface area contributed by atoms with Gasteiger partial charge in [0.05, 0.1) is 23.4 Å². The van der Waals surface area contributed by atoms with Gasteiger partial charge in [0.25, 0.3) is 5.91 Å². The zero-order valence-corrected chi connectivity index (χ0v) is 15.6. The molecule has 1 fully saturated rings. The van der Waals surface area contributed by atoms with Crippen LogP contribution in [0.25, 0.3) is 0 Å². The topological polar surface area (TPSA) is 79.4 Å². The van der Waals surface area contributed by atoms with Crippen LogP contribution in [0.2, 0.25) is 0 Å². The second-order valence-electron chi connectivity index (χ2n) is 6.41. The number of hydrogen-bond donors (Lipinski definition) is 1. The van der Waals surface area contributed by atoms with Gasteiger partial charge in [-0.15, -0.1) is 0 Å². The Morgan fingerprint density at radius 3 is 2.58 bits per heavy atom. The van der Waals surface area contributed by atoms with Crippen LogP contribution in [-0.2, 0) is 16.4 Å². The molecule has 1 N–H and O–H groups in total. The number of sulfone groups is 1. The van der Waals surface area contributed by atoms with Crippen molar-refractivity contribution in [3.63, 3.8) is 0 Å². The van der Waals surface area contributed by atoms with Crippen LogP contribution in [0.5, 0.6) is 0 Å². The normalized spacial score (nSPS) is 18.4. The van der Waals surface area contributed by atoms with Crippen molar-refractivity contribution in [3.8, 4) is 0 Å². The first-order chi connectivity index (χ1) is 12.5. The summed E-state index contributed by atoms with van der Waals surface area (Å²) in [5.41, 5.74) is 2.21.